The molecule has 1 amide bonds. The van der Waals surface area contributed by atoms with Crippen LogP contribution in [-0.4, -0.2) is 27.4 Å². The van der Waals surface area contributed by atoms with Crippen molar-refractivity contribution in [3.05, 3.63) is 105 Å². The Bertz CT molecular complexity index is 1620. The summed E-state index contributed by atoms with van der Waals surface area (Å²) in [6.07, 6.45) is -10.1. The first kappa shape index (κ1) is 28.8. The molecule has 0 N–H and O–H groups in total. The Morgan fingerprint density at radius 1 is 0.925 bits per heavy atom. The Morgan fingerprint density at radius 3 is 2.08 bits per heavy atom. The predicted molar refractivity (Wildman–Crippen MR) is 138 cm³/mol. The molecule has 0 aliphatic rings. The fourth-order valence-electron chi connectivity index (χ4n) is 4.72. The molecule has 1 heterocycles. The Balaban J connectivity index is 1.92. The number of fused-ring (bicyclic) bond motifs is 1. The van der Waals surface area contributed by atoms with Gasteiger partial charge >= 0.3 is 12.4 Å². The molecule has 210 valence electrons. The van der Waals surface area contributed by atoms with Crippen molar-refractivity contribution in [3.8, 4) is 5.69 Å². The summed E-state index contributed by atoms with van der Waals surface area (Å²) in [4.78, 5) is 32.9. The van der Waals surface area contributed by atoms with Gasteiger partial charge in [0.25, 0.3) is 11.5 Å². The third-order valence-electron chi connectivity index (χ3n) is 6.70. The van der Waals surface area contributed by atoms with Crippen molar-refractivity contribution < 1.29 is 31.1 Å². The number of aromatic nitrogens is 2. The van der Waals surface area contributed by atoms with Crippen molar-refractivity contribution in [2.24, 2.45) is 0 Å². The topological polar surface area (TPSA) is 55.2 Å². The molecule has 0 saturated heterocycles. The number of halogens is 6. The van der Waals surface area contributed by atoms with Crippen LogP contribution in [0.15, 0.2) is 65.5 Å². The van der Waals surface area contributed by atoms with Gasteiger partial charge in [0.05, 0.1) is 33.8 Å². The second-order valence-corrected chi connectivity index (χ2v) is 9.55. The molecule has 0 aliphatic carbocycles. The minimum Gasteiger partial charge on any atom is -0.332 e. The van der Waals surface area contributed by atoms with E-state index in [1.807, 2.05) is 13.0 Å². The van der Waals surface area contributed by atoms with Gasteiger partial charge in [-0.1, -0.05) is 36.8 Å². The first-order chi connectivity index (χ1) is 18.6. The Labute approximate surface area is 225 Å². The van der Waals surface area contributed by atoms with Crippen molar-refractivity contribution in [2.45, 2.75) is 45.6 Å². The first-order valence-electron chi connectivity index (χ1n) is 12.3. The molecule has 1 unspecified atom stereocenters. The maximum atomic E-state index is 13.7. The van der Waals surface area contributed by atoms with Crippen LogP contribution in [0.5, 0.6) is 0 Å². The maximum Gasteiger partial charge on any atom is 0.416 e. The number of carbonyl (C=O) groups is 1. The summed E-state index contributed by atoms with van der Waals surface area (Å²) in [6, 6.07) is 11.7. The number of nitrogens with zero attached hydrogens (tertiary/aromatic N) is 3. The van der Waals surface area contributed by atoms with Gasteiger partial charge in [-0.05, 0) is 62.2 Å². The van der Waals surface area contributed by atoms with Gasteiger partial charge in [-0.25, -0.2) is 4.98 Å². The monoisotopic (exact) mass is 561 g/mol. The lowest BCUT2D eigenvalue weighted by molar-refractivity contribution is -0.143. The number of carbonyl (C=O) groups excluding carboxylic acids is 1. The molecule has 5 nitrogen and oxygen atoms in total. The zero-order chi connectivity index (χ0) is 29.6. The van der Waals surface area contributed by atoms with E-state index < -0.39 is 46.6 Å². The van der Waals surface area contributed by atoms with Gasteiger partial charge in [0.15, 0.2) is 0 Å². The number of rotatable bonds is 5. The quantitative estimate of drug-likeness (QED) is 0.241. The molecule has 4 rings (SSSR count). The number of benzene rings is 3. The average Bonchev–Trinajstić information content (AvgIpc) is 2.88. The van der Waals surface area contributed by atoms with Gasteiger partial charge in [-0.3, -0.25) is 14.2 Å². The highest BCUT2D eigenvalue weighted by Crippen LogP contribution is 2.37. The minimum atomic E-state index is -5.11. The lowest BCUT2D eigenvalue weighted by Crippen LogP contribution is -2.36. The van der Waals surface area contributed by atoms with Gasteiger partial charge in [0.1, 0.15) is 5.82 Å². The van der Waals surface area contributed by atoms with Crippen LogP contribution in [0.1, 0.15) is 57.8 Å². The molecule has 4 aromatic rings. The van der Waals surface area contributed by atoms with Crippen molar-refractivity contribution in [3.63, 3.8) is 0 Å². The van der Waals surface area contributed by atoms with Crippen LogP contribution in [0, 0.1) is 13.8 Å². The van der Waals surface area contributed by atoms with Gasteiger partial charge < -0.3 is 4.90 Å². The number of alkyl halides is 6. The standard InChI is InChI=1S/C29H25F6N3O2/c1-5-23(37(4)26(39)18-13-19(28(30,31)32)15-20(14-18)29(33,34)35)25-36-22-9-7-6-8-21(22)27(40)38(25)24-11-10-16(2)12-17(24)3/h6-15,23H,5H2,1-4H3. The van der Waals surface area contributed by atoms with E-state index in [9.17, 15) is 35.9 Å². The summed E-state index contributed by atoms with van der Waals surface area (Å²) in [6.45, 7) is 5.35. The van der Waals surface area contributed by atoms with E-state index >= 15 is 0 Å². The molecule has 0 spiro atoms. The average molecular weight is 562 g/mol. The largest absolute Gasteiger partial charge is 0.416 e. The molecule has 0 aliphatic heterocycles. The molecule has 0 fully saturated rings. The van der Waals surface area contributed by atoms with E-state index in [1.54, 1.807) is 50.2 Å². The predicted octanol–water partition coefficient (Wildman–Crippen LogP) is 7.26. The van der Waals surface area contributed by atoms with E-state index in [2.05, 4.69) is 4.98 Å². The van der Waals surface area contributed by atoms with Gasteiger partial charge in [0.2, 0.25) is 0 Å². The summed E-state index contributed by atoms with van der Waals surface area (Å²) < 4.78 is 82.0. The minimum absolute atomic E-state index is 0.0309. The number of hydrogen-bond donors (Lipinski definition) is 0. The van der Waals surface area contributed by atoms with Crippen LogP contribution in [0.2, 0.25) is 0 Å². The fourth-order valence-corrected chi connectivity index (χ4v) is 4.72. The molecule has 0 saturated carbocycles. The van der Waals surface area contributed by atoms with Crippen LogP contribution in [0.25, 0.3) is 16.6 Å². The SMILES string of the molecule is CCC(c1nc2ccccc2c(=O)n1-c1ccc(C)cc1C)N(C)C(=O)c1cc(C(F)(F)F)cc(C(F)(F)F)c1. The van der Waals surface area contributed by atoms with Gasteiger partial charge in [0, 0.05) is 12.6 Å². The molecule has 1 atom stereocenters. The number of hydrogen-bond acceptors (Lipinski definition) is 3. The molecule has 1 aromatic heterocycles. The van der Waals surface area contributed by atoms with E-state index in [0.29, 0.717) is 28.7 Å². The highest BCUT2D eigenvalue weighted by Gasteiger charge is 2.38. The lowest BCUT2D eigenvalue weighted by Gasteiger charge is -2.30. The molecule has 0 radical (unpaired) electrons. The highest BCUT2D eigenvalue weighted by atomic mass is 19.4. The number of aryl methyl sites for hydroxylation is 2. The second-order valence-electron chi connectivity index (χ2n) is 9.55. The van der Waals surface area contributed by atoms with Crippen molar-refractivity contribution >= 4 is 16.8 Å². The second kappa shape index (κ2) is 10.4. The first-order valence-corrected chi connectivity index (χ1v) is 12.3. The summed E-state index contributed by atoms with van der Waals surface area (Å²) in [5.74, 6) is -0.963. The smallest absolute Gasteiger partial charge is 0.332 e. The van der Waals surface area contributed by atoms with E-state index in [1.165, 1.54) is 11.6 Å². The summed E-state index contributed by atoms with van der Waals surface area (Å²) in [5.41, 5.74) is -1.91. The van der Waals surface area contributed by atoms with Crippen LogP contribution in [0.4, 0.5) is 26.3 Å². The lowest BCUT2D eigenvalue weighted by atomic mass is 10.0. The molecular formula is C29H25F6N3O2. The Hall–Kier alpha value is -4.15. The third kappa shape index (κ3) is 5.45. The Morgan fingerprint density at radius 2 is 1.52 bits per heavy atom. The van der Waals surface area contributed by atoms with E-state index in [4.69, 9.17) is 0 Å². The van der Waals surface area contributed by atoms with Crippen LogP contribution in [0.3, 0.4) is 0 Å². The zero-order valence-electron chi connectivity index (χ0n) is 22.0. The summed E-state index contributed by atoms with van der Waals surface area (Å²) >= 11 is 0. The van der Waals surface area contributed by atoms with Gasteiger partial charge in [-0.15, -0.1) is 0 Å². The number of para-hydroxylation sites is 1. The molecular weight excluding hydrogens is 536 g/mol. The normalized spacial score (nSPS) is 12.9. The molecule has 11 heteroatoms. The maximum absolute atomic E-state index is 13.7. The third-order valence-corrected chi connectivity index (χ3v) is 6.70. The van der Waals surface area contributed by atoms with Crippen molar-refractivity contribution in [1.82, 2.24) is 14.5 Å². The van der Waals surface area contributed by atoms with Crippen LogP contribution >= 0.6 is 0 Å². The zero-order valence-corrected chi connectivity index (χ0v) is 22.0. The van der Waals surface area contributed by atoms with Crippen LogP contribution in [-0.2, 0) is 12.4 Å². The van der Waals surface area contributed by atoms with Crippen LogP contribution < -0.4 is 5.56 Å². The summed E-state index contributed by atoms with van der Waals surface area (Å²) in [7, 11) is 1.26. The molecule has 40 heavy (non-hydrogen) atoms. The highest BCUT2D eigenvalue weighted by molar-refractivity contribution is 5.95. The summed E-state index contributed by atoms with van der Waals surface area (Å²) in [5, 5.41) is 0.308. The molecule has 0 bridgehead atoms. The van der Waals surface area contributed by atoms with E-state index in [-0.39, 0.29) is 18.3 Å². The van der Waals surface area contributed by atoms with E-state index in [0.717, 1.165) is 16.0 Å². The fraction of sp³-hybridized carbons (Fsp3) is 0.276. The van der Waals surface area contributed by atoms with Gasteiger partial charge in [-0.2, -0.15) is 26.3 Å². The van der Waals surface area contributed by atoms with Crippen molar-refractivity contribution in [2.75, 3.05) is 7.05 Å². The Kier molecular flexibility index (Phi) is 7.53. The molecule has 3 aromatic carbocycles. The number of amides is 1. The van der Waals surface area contributed by atoms with Crippen molar-refractivity contribution in [1.29, 1.82) is 0 Å².